The molecule has 0 fully saturated rings. The molecule has 0 aromatic carbocycles. The number of unbranched alkanes of at least 4 members (excludes halogenated alkanes) is 22. The van der Waals surface area contributed by atoms with Gasteiger partial charge in [-0.25, -0.2) is 4.57 Å². The number of quaternary nitrogens is 1. The maximum atomic E-state index is 12.7. The lowest BCUT2D eigenvalue weighted by Gasteiger charge is -2.25. The molecule has 0 rings (SSSR count). The van der Waals surface area contributed by atoms with E-state index in [9.17, 15) is 19.4 Å². The van der Waals surface area contributed by atoms with Gasteiger partial charge in [-0.2, -0.15) is 0 Å². The number of hydrogen-bond acceptors (Lipinski definition) is 5. The van der Waals surface area contributed by atoms with E-state index in [2.05, 4.69) is 19.2 Å². The van der Waals surface area contributed by atoms with E-state index < -0.39 is 20.0 Å². The molecule has 1 unspecified atom stereocenters. The van der Waals surface area contributed by atoms with Crippen molar-refractivity contribution < 1.29 is 32.9 Å². The Hall–Kier alpha value is -0.760. The molecular weight excluding hydrogens is 611 g/mol. The van der Waals surface area contributed by atoms with Gasteiger partial charge in [0.25, 0.3) is 0 Å². The molecule has 8 nitrogen and oxygen atoms in total. The number of rotatable bonds is 35. The average Bonchev–Trinajstić information content (AvgIpc) is 3.01. The van der Waals surface area contributed by atoms with Crippen LogP contribution in [0.5, 0.6) is 0 Å². The highest BCUT2D eigenvalue weighted by molar-refractivity contribution is 7.47. The van der Waals surface area contributed by atoms with Crippen LogP contribution in [0.25, 0.3) is 0 Å². The summed E-state index contributed by atoms with van der Waals surface area (Å²) < 4.78 is 23.4. The third kappa shape index (κ3) is 33.5. The third-order valence-electron chi connectivity index (χ3n) is 8.76. The van der Waals surface area contributed by atoms with Crippen molar-refractivity contribution in [3.63, 3.8) is 0 Å². The Kier molecular flexibility index (Phi) is 30.7. The third-order valence-corrected chi connectivity index (χ3v) is 9.74. The van der Waals surface area contributed by atoms with Crippen molar-refractivity contribution >= 4 is 13.7 Å². The normalized spacial score (nSPS) is 14.8. The first-order valence-corrected chi connectivity index (χ1v) is 21.1. The molecule has 0 saturated carbocycles. The van der Waals surface area contributed by atoms with Crippen LogP contribution in [0.2, 0.25) is 0 Å². The van der Waals surface area contributed by atoms with Gasteiger partial charge in [0.1, 0.15) is 13.2 Å². The van der Waals surface area contributed by atoms with Gasteiger partial charge in [-0.05, 0) is 19.3 Å². The van der Waals surface area contributed by atoms with Crippen LogP contribution in [0.15, 0.2) is 12.2 Å². The molecule has 0 aliphatic heterocycles. The number of carbonyl (C=O) groups excluding carboxylic acids is 1. The van der Waals surface area contributed by atoms with Crippen molar-refractivity contribution in [2.24, 2.45) is 0 Å². The summed E-state index contributed by atoms with van der Waals surface area (Å²) in [7, 11) is 1.58. The molecule has 3 N–H and O–H groups in total. The second-order valence-electron chi connectivity index (χ2n) is 14.7. The molecule has 280 valence electrons. The summed E-state index contributed by atoms with van der Waals surface area (Å²) in [5.74, 6) is -0.182. The van der Waals surface area contributed by atoms with Crippen molar-refractivity contribution in [2.45, 2.75) is 187 Å². The summed E-state index contributed by atoms with van der Waals surface area (Å²) in [6.07, 6.45) is 32.8. The van der Waals surface area contributed by atoms with E-state index in [0.29, 0.717) is 17.4 Å². The van der Waals surface area contributed by atoms with Gasteiger partial charge >= 0.3 is 7.82 Å². The lowest BCUT2D eigenvalue weighted by atomic mass is 10.0. The number of nitrogens with one attached hydrogen (secondary N) is 1. The Morgan fingerprint density at radius 1 is 0.702 bits per heavy atom. The highest BCUT2D eigenvalue weighted by Crippen LogP contribution is 2.43. The van der Waals surface area contributed by atoms with E-state index in [4.69, 9.17) is 9.05 Å². The predicted octanol–water partition coefficient (Wildman–Crippen LogP) is 10.0. The van der Waals surface area contributed by atoms with Crippen molar-refractivity contribution in [3.8, 4) is 0 Å². The molecule has 0 aliphatic rings. The van der Waals surface area contributed by atoms with Gasteiger partial charge in [-0.1, -0.05) is 161 Å². The minimum atomic E-state index is -4.32. The zero-order chi connectivity index (χ0) is 35.1. The lowest BCUT2D eigenvalue weighted by molar-refractivity contribution is -0.870. The van der Waals surface area contributed by atoms with Gasteiger partial charge in [0.2, 0.25) is 5.91 Å². The Labute approximate surface area is 291 Å². The summed E-state index contributed by atoms with van der Waals surface area (Å²) in [5, 5.41) is 13.7. The van der Waals surface area contributed by atoms with Gasteiger partial charge in [0.05, 0.1) is 39.9 Å². The van der Waals surface area contributed by atoms with Crippen molar-refractivity contribution in [2.75, 3.05) is 40.9 Å². The molecule has 0 aliphatic carbocycles. The fourth-order valence-electron chi connectivity index (χ4n) is 5.57. The smallest absolute Gasteiger partial charge is 0.387 e. The van der Waals surface area contributed by atoms with E-state index in [1.54, 1.807) is 6.08 Å². The minimum absolute atomic E-state index is 0.0639. The van der Waals surface area contributed by atoms with Gasteiger partial charge in [0, 0.05) is 6.42 Å². The van der Waals surface area contributed by atoms with Crippen LogP contribution in [0.4, 0.5) is 0 Å². The standard InChI is InChI=1S/C38H77N2O6P/c1-6-8-10-12-14-16-17-18-19-20-21-22-23-24-25-27-29-31-37(41)36(35-46-47(43,44)45-34-33-40(3,4)5)39-38(42)32-30-28-26-15-13-11-9-7-2/h29,31,36-37,41H,6-28,30,32-35H2,1-5H3,(H-,39,42,43,44)/p+1/b31-29+/t36-,37+/m0/s1. The van der Waals surface area contributed by atoms with Gasteiger partial charge in [-0.15, -0.1) is 0 Å². The summed E-state index contributed by atoms with van der Waals surface area (Å²) in [5.41, 5.74) is 0. The molecule has 0 aromatic rings. The topological polar surface area (TPSA) is 105 Å². The summed E-state index contributed by atoms with van der Waals surface area (Å²) in [6, 6.07) is -0.837. The minimum Gasteiger partial charge on any atom is -0.387 e. The molecule has 0 heterocycles. The molecule has 0 radical (unpaired) electrons. The SMILES string of the molecule is CCCCCCCCCCCCCCCCC/C=C/[C@@H](O)[C@H](COP(=O)(O)OCC[N+](C)(C)C)NC(=O)CCCCCCCCCC. The quantitative estimate of drug-likeness (QED) is 0.0265. The molecule has 0 bridgehead atoms. The Morgan fingerprint density at radius 3 is 1.57 bits per heavy atom. The summed E-state index contributed by atoms with van der Waals surface area (Å²) in [4.78, 5) is 22.9. The van der Waals surface area contributed by atoms with E-state index in [0.717, 1.165) is 32.1 Å². The highest BCUT2D eigenvalue weighted by atomic mass is 31.2. The molecule has 1 amide bonds. The number of allylic oxidation sites excluding steroid dienone is 1. The maximum absolute atomic E-state index is 12.7. The average molecular weight is 690 g/mol. The zero-order valence-corrected chi connectivity index (χ0v) is 32.4. The first-order chi connectivity index (χ1) is 22.5. The van der Waals surface area contributed by atoms with Crippen molar-refractivity contribution in [3.05, 3.63) is 12.2 Å². The number of aliphatic hydroxyl groups excluding tert-OH is 1. The summed E-state index contributed by atoms with van der Waals surface area (Å²) in [6.45, 7) is 4.77. The van der Waals surface area contributed by atoms with Gasteiger partial charge in [-0.3, -0.25) is 13.8 Å². The number of phosphoric acid groups is 1. The molecule has 0 aromatic heterocycles. The van der Waals surface area contributed by atoms with Crippen LogP contribution in [0.3, 0.4) is 0 Å². The molecule has 0 spiro atoms. The van der Waals surface area contributed by atoms with E-state index in [1.165, 1.54) is 122 Å². The number of hydrogen-bond donors (Lipinski definition) is 3. The number of nitrogens with zero attached hydrogens (tertiary/aromatic N) is 1. The molecule has 3 atom stereocenters. The van der Waals surface area contributed by atoms with Crippen LogP contribution < -0.4 is 5.32 Å². The fraction of sp³-hybridized carbons (Fsp3) is 0.921. The number of amides is 1. The van der Waals surface area contributed by atoms with E-state index >= 15 is 0 Å². The van der Waals surface area contributed by atoms with E-state index in [1.807, 2.05) is 27.2 Å². The first-order valence-electron chi connectivity index (χ1n) is 19.6. The highest BCUT2D eigenvalue weighted by Gasteiger charge is 2.27. The predicted molar refractivity (Wildman–Crippen MR) is 198 cm³/mol. The monoisotopic (exact) mass is 690 g/mol. The number of likely N-dealkylation sites (N-methyl/N-ethyl adjacent to an activating group) is 1. The zero-order valence-electron chi connectivity index (χ0n) is 31.5. The Balaban J connectivity index is 4.43. The van der Waals surface area contributed by atoms with Crippen LogP contribution in [0, 0.1) is 0 Å². The number of carbonyl (C=O) groups is 1. The number of aliphatic hydroxyl groups is 1. The molecule has 0 saturated heterocycles. The largest absolute Gasteiger partial charge is 0.472 e. The number of phosphoric ester groups is 1. The molecular formula is C38H78N2O6P+. The Morgan fingerprint density at radius 2 is 1.13 bits per heavy atom. The fourth-order valence-corrected chi connectivity index (χ4v) is 6.31. The van der Waals surface area contributed by atoms with Crippen LogP contribution in [0.1, 0.15) is 174 Å². The maximum Gasteiger partial charge on any atom is 0.472 e. The molecule has 9 heteroatoms. The van der Waals surface area contributed by atoms with Crippen LogP contribution >= 0.6 is 7.82 Å². The second kappa shape index (κ2) is 31.2. The van der Waals surface area contributed by atoms with Gasteiger partial charge in [0.15, 0.2) is 0 Å². The lowest BCUT2D eigenvalue weighted by Crippen LogP contribution is -2.45. The van der Waals surface area contributed by atoms with Gasteiger partial charge < -0.3 is 19.8 Å². The van der Waals surface area contributed by atoms with Crippen molar-refractivity contribution in [1.82, 2.24) is 5.32 Å². The van der Waals surface area contributed by atoms with Crippen LogP contribution in [-0.2, 0) is 18.4 Å². The van der Waals surface area contributed by atoms with E-state index in [-0.39, 0.29) is 19.1 Å². The van der Waals surface area contributed by atoms with Crippen molar-refractivity contribution in [1.29, 1.82) is 0 Å². The van der Waals surface area contributed by atoms with Crippen LogP contribution in [-0.4, -0.2) is 73.4 Å². The first kappa shape index (κ1) is 46.2. The molecule has 47 heavy (non-hydrogen) atoms. The summed E-state index contributed by atoms with van der Waals surface area (Å²) >= 11 is 0. The Bertz CT molecular complexity index is 789. The second-order valence-corrected chi connectivity index (χ2v) is 16.1.